The highest BCUT2D eigenvalue weighted by Crippen LogP contribution is 2.20. The smallest absolute Gasteiger partial charge is 0.247 e. The zero-order chi connectivity index (χ0) is 13.0. The largest absolute Gasteiger partial charge is 0.301 e. The topological polar surface area (TPSA) is 49.4 Å². The van der Waals surface area contributed by atoms with Gasteiger partial charge in [0, 0.05) is 17.1 Å². The first kappa shape index (κ1) is 14.4. The lowest BCUT2D eigenvalue weighted by molar-refractivity contribution is -0.141. The van der Waals surface area contributed by atoms with Crippen LogP contribution in [0.25, 0.3) is 0 Å². The molecule has 0 bridgehead atoms. The summed E-state index contributed by atoms with van der Waals surface area (Å²) >= 11 is 3.22. The van der Waals surface area contributed by atoms with Gasteiger partial charge in [-0.3, -0.25) is 14.5 Å². The van der Waals surface area contributed by atoms with Gasteiger partial charge in [0.05, 0.1) is 12.5 Å². The third-order valence-corrected chi connectivity index (χ3v) is 3.31. The summed E-state index contributed by atoms with van der Waals surface area (Å²) in [6, 6.07) is -0.355. The molecule has 0 saturated carbocycles. The van der Waals surface area contributed by atoms with Crippen molar-refractivity contribution in [1.29, 1.82) is 0 Å². The Morgan fingerprint density at radius 3 is 2.59 bits per heavy atom. The fourth-order valence-electron chi connectivity index (χ4n) is 2.08. The van der Waals surface area contributed by atoms with Crippen LogP contribution in [0.15, 0.2) is 11.1 Å². The number of carbonyl (C=O) groups is 2. The lowest BCUT2D eigenvalue weighted by Crippen LogP contribution is -2.43. The number of amides is 2. The van der Waals surface area contributed by atoms with Gasteiger partial charge in [-0.25, -0.2) is 0 Å². The van der Waals surface area contributed by atoms with Gasteiger partial charge in [-0.05, 0) is 12.8 Å². The van der Waals surface area contributed by atoms with Crippen molar-refractivity contribution in [2.75, 3.05) is 6.54 Å². The number of likely N-dealkylation sites (tertiary alicyclic amines) is 1. The second-order valence-corrected chi connectivity index (χ2v) is 5.35. The molecule has 1 unspecified atom stereocenters. The number of carbonyl (C=O) groups excluding carboxylic acids is 2. The molecule has 1 saturated heterocycles. The van der Waals surface area contributed by atoms with Gasteiger partial charge < -0.3 is 5.32 Å². The number of hydrogen-bond donors (Lipinski definition) is 1. The third-order valence-electron chi connectivity index (χ3n) is 3.03. The molecule has 1 heterocycles. The maximum absolute atomic E-state index is 12.1. The fourth-order valence-corrected chi connectivity index (χ4v) is 2.24. The maximum atomic E-state index is 12.1. The van der Waals surface area contributed by atoms with Crippen LogP contribution >= 0.6 is 15.9 Å². The molecule has 1 aliphatic rings. The normalized spacial score (nSPS) is 20.5. The highest BCUT2D eigenvalue weighted by Gasteiger charge is 2.40. The molecule has 0 aliphatic carbocycles. The number of hydrogen-bond acceptors (Lipinski definition) is 3. The fraction of sp³-hybridized carbons (Fsp3) is 0.667. The molecule has 1 rings (SSSR count). The monoisotopic (exact) mass is 302 g/mol. The summed E-state index contributed by atoms with van der Waals surface area (Å²) in [5.41, 5.74) is 0. The third kappa shape index (κ3) is 3.39. The van der Waals surface area contributed by atoms with Crippen molar-refractivity contribution in [1.82, 2.24) is 10.2 Å². The summed E-state index contributed by atoms with van der Waals surface area (Å²) in [5, 5.41) is 3.04. The minimum atomic E-state index is -0.391. The number of nitrogens with one attached hydrogen (secondary N) is 1. The van der Waals surface area contributed by atoms with Crippen LogP contribution in [-0.4, -0.2) is 35.3 Å². The van der Waals surface area contributed by atoms with E-state index in [-0.39, 0.29) is 24.3 Å². The van der Waals surface area contributed by atoms with Crippen LogP contribution < -0.4 is 5.32 Å². The minimum Gasteiger partial charge on any atom is -0.301 e. The van der Waals surface area contributed by atoms with Crippen LogP contribution in [0, 0.1) is 0 Å². The van der Waals surface area contributed by atoms with E-state index in [2.05, 4.69) is 27.8 Å². The van der Waals surface area contributed by atoms with E-state index in [1.807, 2.05) is 13.8 Å². The summed E-state index contributed by atoms with van der Waals surface area (Å²) in [4.78, 5) is 25.3. The van der Waals surface area contributed by atoms with Crippen LogP contribution in [0.5, 0.6) is 0 Å². The summed E-state index contributed by atoms with van der Waals surface area (Å²) in [5.74, 6) is -0.168. The van der Waals surface area contributed by atoms with Crippen LogP contribution in [-0.2, 0) is 9.59 Å². The standard InChI is InChI=1S/C12H19BrN2O2/c1-4-9(5-2)15-11(16)6-10(12(15)17)14-7-8(3)13/h9-10,14H,3-7H2,1-2H3. The predicted molar refractivity (Wildman–Crippen MR) is 70.7 cm³/mol. The summed E-state index contributed by atoms with van der Waals surface area (Å²) in [6.45, 7) is 8.18. The average Bonchev–Trinajstić information content (AvgIpc) is 2.55. The highest BCUT2D eigenvalue weighted by atomic mass is 79.9. The molecule has 1 fully saturated rings. The zero-order valence-electron chi connectivity index (χ0n) is 10.3. The quantitative estimate of drug-likeness (QED) is 0.761. The molecule has 0 radical (unpaired) electrons. The van der Waals surface area contributed by atoms with Gasteiger partial charge in [-0.1, -0.05) is 36.4 Å². The molecule has 1 aliphatic heterocycles. The Hall–Kier alpha value is -0.680. The van der Waals surface area contributed by atoms with E-state index in [4.69, 9.17) is 0 Å². The Labute approximate surface area is 111 Å². The average molecular weight is 303 g/mol. The van der Waals surface area contributed by atoms with Gasteiger partial charge in [-0.15, -0.1) is 0 Å². The van der Waals surface area contributed by atoms with Crippen molar-refractivity contribution >= 4 is 27.7 Å². The van der Waals surface area contributed by atoms with Crippen molar-refractivity contribution in [2.24, 2.45) is 0 Å². The van der Waals surface area contributed by atoms with Crippen molar-refractivity contribution in [3.63, 3.8) is 0 Å². The number of rotatable bonds is 6. The van der Waals surface area contributed by atoms with Gasteiger partial charge in [0.15, 0.2) is 0 Å². The predicted octanol–water partition coefficient (Wildman–Crippen LogP) is 1.80. The second-order valence-electron chi connectivity index (χ2n) is 4.23. The molecule has 0 aromatic carbocycles. The Balaban J connectivity index is 2.67. The van der Waals surface area contributed by atoms with Crippen LogP contribution in [0.4, 0.5) is 0 Å². The molecule has 5 heteroatoms. The molecule has 17 heavy (non-hydrogen) atoms. The summed E-state index contributed by atoms with van der Waals surface area (Å²) < 4.78 is 0.777. The van der Waals surface area contributed by atoms with Gasteiger partial charge in [0.1, 0.15) is 0 Å². The number of nitrogens with zero attached hydrogens (tertiary/aromatic N) is 1. The molecule has 1 atom stereocenters. The summed E-state index contributed by atoms with van der Waals surface area (Å²) in [7, 11) is 0. The molecule has 0 aromatic heterocycles. The van der Waals surface area contributed by atoms with E-state index >= 15 is 0 Å². The molecule has 2 amide bonds. The van der Waals surface area contributed by atoms with Gasteiger partial charge in [0.2, 0.25) is 11.8 Å². The van der Waals surface area contributed by atoms with Crippen molar-refractivity contribution in [3.8, 4) is 0 Å². The zero-order valence-corrected chi connectivity index (χ0v) is 11.9. The highest BCUT2D eigenvalue weighted by molar-refractivity contribution is 9.11. The lowest BCUT2D eigenvalue weighted by Gasteiger charge is -2.24. The van der Waals surface area contributed by atoms with Crippen molar-refractivity contribution in [3.05, 3.63) is 11.1 Å². The van der Waals surface area contributed by atoms with Crippen LogP contribution in [0.1, 0.15) is 33.1 Å². The molecule has 0 spiro atoms. The minimum absolute atomic E-state index is 0.0361. The van der Waals surface area contributed by atoms with E-state index in [1.165, 1.54) is 4.90 Å². The Morgan fingerprint density at radius 1 is 1.53 bits per heavy atom. The summed E-state index contributed by atoms with van der Waals surface area (Å²) in [6.07, 6.45) is 1.88. The van der Waals surface area contributed by atoms with Crippen molar-refractivity contribution in [2.45, 2.75) is 45.2 Å². The number of imide groups is 1. The van der Waals surface area contributed by atoms with E-state index in [9.17, 15) is 9.59 Å². The molecule has 96 valence electrons. The van der Waals surface area contributed by atoms with Crippen molar-refractivity contribution < 1.29 is 9.59 Å². The van der Waals surface area contributed by atoms with E-state index < -0.39 is 6.04 Å². The molecule has 4 nitrogen and oxygen atoms in total. The van der Waals surface area contributed by atoms with E-state index in [1.54, 1.807) is 0 Å². The first-order valence-electron chi connectivity index (χ1n) is 5.93. The number of halogens is 1. The van der Waals surface area contributed by atoms with E-state index in [0.717, 1.165) is 17.3 Å². The second kappa shape index (κ2) is 6.31. The first-order valence-corrected chi connectivity index (χ1v) is 6.73. The van der Waals surface area contributed by atoms with Gasteiger partial charge in [-0.2, -0.15) is 0 Å². The molecular weight excluding hydrogens is 284 g/mol. The van der Waals surface area contributed by atoms with E-state index in [0.29, 0.717) is 6.54 Å². The van der Waals surface area contributed by atoms with Gasteiger partial charge in [0.25, 0.3) is 0 Å². The maximum Gasteiger partial charge on any atom is 0.247 e. The van der Waals surface area contributed by atoms with Gasteiger partial charge >= 0.3 is 0 Å². The Kier molecular flexibility index (Phi) is 5.33. The molecular formula is C12H19BrN2O2. The molecule has 0 aromatic rings. The first-order chi connectivity index (χ1) is 8.01. The lowest BCUT2D eigenvalue weighted by atomic mass is 10.1. The SMILES string of the molecule is C=C(Br)CNC1CC(=O)N(C(CC)CC)C1=O. The van der Waals surface area contributed by atoms with Crippen LogP contribution in [0.2, 0.25) is 0 Å². The Bertz CT molecular complexity index is 326. The Morgan fingerprint density at radius 2 is 2.12 bits per heavy atom. The molecule has 1 N–H and O–H groups in total. The van der Waals surface area contributed by atoms with Crippen LogP contribution in [0.3, 0.4) is 0 Å².